The number of aromatic nitrogens is 2. The van der Waals surface area contributed by atoms with Crippen molar-refractivity contribution in [3.8, 4) is 10.6 Å². The van der Waals surface area contributed by atoms with Crippen LogP contribution in [0, 0.1) is 0 Å². The average Bonchev–Trinajstić information content (AvgIpc) is 2.96. The first kappa shape index (κ1) is 13.3. The van der Waals surface area contributed by atoms with Crippen molar-refractivity contribution >= 4 is 23.2 Å². The van der Waals surface area contributed by atoms with E-state index in [9.17, 15) is 9.59 Å². The van der Waals surface area contributed by atoms with E-state index >= 15 is 0 Å². The second-order valence-corrected chi connectivity index (χ2v) is 5.02. The van der Waals surface area contributed by atoms with Crippen molar-refractivity contribution in [2.75, 3.05) is 0 Å². The summed E-state index contributed by atoms with van der Waals surface area (Å²) in [6.07, 6.45) is 1.58. The van der Waals surface area contributed by atoms with Gasteiger partial charge in [-0.2, -0.15) is 5.10 Å². The minimum atomic E-state index is -1.07. The predicted octanol–water partition coefficient (Wildman–Crippen LogP) is 1.35. The number of nitrogens with zero attached hydrogens (tertiary/aromatic N) is 2. The van der Waals surface area contributed by atoms with Crippen LogP contribution in [0.1, 0.15) is 17.3 Å². The highest BCUT2D eigenvalue weighted by molar-refractivity contribution is 7.13. The molecular weight excluding hydrogens is 266 g/mol. The zero-order valence-corrected chi connectivity index (χ0v) is 11.3. The molecule has 2 rings (SSSR count). The average molecular weight is 279 g/mol. The SMILES string of the molecule is CC(NC(=O)c1cn(C)nc1-c1cccs1)C(=O)O. The molecule has 0 fully saturated rings. The number of aliphatic carboxylic acids is 1. The Bertz CT molecular complexity index is 604. The molecule has 2 aromatic rings. The van der Waals surface area contributed by atoms with Crippen molar-refractivity contribution < 1.29 is 14.7 Å². The molecule has 0 spiro atoms. The summed E-state index contributed by atoms with van der Waals surface area (Å²) < 4.78 is 1.54. The Kier molecular flexibility index (Phi) is 3.66. The maximum atomic E-state index is 12.1. The van der Waals surface area contributed by atoms with E-state index in [1.165, 1.54) is 22.9 Å². The largest absolute Gasteiger partial charge is 0.480 e. The van der Waals surface area contributed by atoms with Gasteiger partial charge in [-0.05, 0) is 18.4 Å². The monoisotopic (exact) mass is 279 g/mol. The van der Waals surface area contributed by atoms with Crippen molar-refractivity contribution in [3.63, 3.8) is 0 Å². The lowest BCUT2D eigenvalue weighted by Crippen LogP contribution is -2.38. The van der Waals surface area contributed by atoms with Crippen molar-refractivity contribution in [2.24, 2.45) is 7.05 Å². The highest BCUT2D eigenvalue weighted by Crippen LogP contribution is 2.26. The maximum absolute atomic E-state index is 12.1. The first-order valence-electron chi connectivity index (χ1n) is 5.60. The molecule has 2 heterocycles. The highest BCUT2D eigenvalue weighted by atomic mass is 32.1. The van der Waals surface area contributed by atoms with Gasteiger partial charge in [-0.1, -0.05) is 6.07 Å². The van der Waals surface area contributed by atoms with E-state index in [1.54, 1.807) is 13.2 Å². The molecule has 1 unspecified atom stereocenters. The Morgan fingerprint density at radius 1 is 1.53 bits per heavy atom. The number of thiophene rings is 1. The number of carbonyl (C=O) groups excluding carboxylic acids is 1. The fourth-order valence-electron chi connectivity index (χ4n) is 1.59. The second kappa shape index (κ2) is 5.23. The summed E-state index contributed by atoms with van der Waals surface area (Å²) in [5.41, 5.74) is 0.936. The number of rotatable bonds is 4. The normalized spacial score (nSPS) is 12.1. The highest BCUT2D eigenvalue weighted by Gasteiger charge is 2.21. The first-order chi connectivity index (χ1) is 8.99. The molecule has 19 heavy (non-hydrogen) atoms. The van der Waals surface area contributed by atoms with Crippen molar-refractivity contribution in [2.45, 2.75) is 13.0 Å². The summed E-state index contributed by atoms with van der Waals surface area (Å²) in [5.74, 6) is -1.51. The summed E-state index contributed by atoms with van der Waals surface area (Å²) in [5, 5.41) is 17.4. The molecule has 100 valence electrons. The fourth-order valence-corrected chi connectivity index (χ4v) is 2.31. The van der Waals surface area contributed by atoms with Gasteiger partial charge in [0.2, 0.25) is 0 Å². The van der Waals surface area contributed by atoms with Gasteiger partial charge in [0, 0.05) is 13.2 Å². The lowest BCUT2D eigenvalue weighted by atomic mass is 10.2. The smallest absolute Gasteiger partial charge is 0.325 e. The van der Waals surface area contributed by atoms with Crippen LogP contribution in [0.4, 0.5) is 0 Å². The van der Waals surface area contributed by atoms with Crippen molar-refractivity contribution in [1.82, 2.24) is 15.1 Å². The van der Waals surface area contributed by atoms with Crippen LogP contribution < -0.4 is 5.32 Å². The third-order valence-electron chi connectivity index (χ3n) is 2.55. The van der Waals surface area contributed by atoms with Crippen LogP contribution in [0.5, 0.6) is 0 Å². The third kappa shape index (κ3) is 2.82. The number of nitrogens with one attached hydrogen (secondary N) is 1. The molecular formula is C12H13N3O3S. The summed E-state index contributed by atoms with van der Waals surface area (Å²) >= 11 is 1.47. The molecule has 0 bridgehead atoms. The molecule has 2 aromatic heterocycles. The van der Waals surface area contributed by atoms with Gasteiger partial charge < -0.3 is 10.4 Å². The van der Waals surface area contributed by atoms with Crippen molar-refractivity contribution in [1.29, 1.82) is 0 Å². The molecule has 0 aliphatic heterocycles. The van der Waals surface area contributed by atoms with Crippen molar-refractivity contribution in [3.05, 3.63) is 29.3 Å². The summed E-state index contributed by atoms with van der Waals surface area (Å²) in [7, 11) is 1.72. The fraction of sp³-hybridized carbons (Fsp3) is 0.250. The Morgan fingerprint density at radius 2 is 2.26 bits per heavy atom. The van der Waals surface area contributed by atoms with Crippen LogP contribution in [0.25, 0.3) is 10.6 Å². The van der Waals surface area contributed by atoms with E-state index in [2.05, 4.69) is 10.4 Å². The van der Waals surface area contributed by atoms with Crippen LogP contribution in [0.15, 0.2) is 23.7 Å². The number of carboxylic acids is 1. The second-order valence-electron chi connectivity index (χ2n) is 4.08. The molecule has 0 radical (unpaired) electrons. The van der Waals surface area contributed by atoms with Gasteiger partial charge in [0.1, 0.15) is 11.7 Å². The van der Waals surface area contributed by atoms with Gasteiger partial charge in [-0.15, -0.1) is 11.3 Å². The third-order valence-corrected chi connectivity index (χ3v) is 3.42. The summed E-state index contributed by atoms with van der Waals surface area (Å²) in [4.78, 5) is 23.7. The number of amides is 1. The molecule has 0 aromatic carbocycles. The van der Waals surface area contributed by atoms with E-state index < -0.39 is 17.9 Å². The minimum absolute atomic E-state index is 0.373. The van der Waals surface area contributed by atoms with Gasteiger partial charge >= 0.3 is 5.97 Å². The maximum Gasteiger partial charge on any atom is 0.325 e. The zero-order chi connectivity index (χ0) is 14.0. The first-order valence-corrected chi connectivity index (χ1v) is 6.48. The Balaban J connectivity index is 2.30. The Labute approximate surface area is 113 Å². The summed E-state index contributed by atoms with van der Waals surface area (Å²) in [6, 6.07) is 2.80. The topological polar surface area (TPSA) is 84.2 Å². The predicted molar refractivity (Wildman–Crippen MR) is 71.1 cm³/mol. The molecule has 7 heteroatoms. The number of hydrogen-bond donors (Lipinski definition) is 2. The van der Waals surface area contributed by atoms with Gasteiger partial charge in [0.05, 0.1) is 10.4 Å². The summed E-state index contributed by atoms with van der Waals surface area (Å²) in [6.45, 7) is 1.42. The van der Waals surface area contributed by atoms with Gasteiger partial charge in [0.25, 0.3) is 5.91 Å². The molecule has 0 saturated heterocycles. The molecule has 1 amide bonds. The number of aryl methyl sites for hydroxylation is 1. The lowest BCUT2D eigenvalue weighted by Gasteiger charge is -2.08. The molecule has 0 aliphatic carbocycles. The van der Waals surface area contributed by atoms with Crippen LogP contribution in [-0.4, -0.2) is 32.8 Å². The van der Waals surface area contributed by atoms with Gasteiger partial charge in [-0.25, -0.2) is 0 Å². The van der Waals surface area contributed by atoms with Gasteiger partial charge in [0.15, 0.2) is 0 Å². The zero-order valence-electron chi connectivity index (χ0n) is 10.5. The van der Waals surface area contributed by atoms with E-state index in [0.717, 1.165) is 4.88 Å². The molecule has 6 nitrogen and oxygen atoms in total. The molecule has 2 N–H and O–H groups in total. The number of carboxylic acid groups (broad SMARTS) is 1. The number of carbonyl (C=O) groups is 2. The van der Waals surface area contributed by atoms with E-state index in [1.807, 2.05) is 17.5 Å². The van der Waals surface area contributed by atoms with E-state index in [-0.39, 0.29) is 0 Å². The van der Waals surface area contributed by atoms with Crippen LogP contribution in [0.2, 0.25) is 0 Å². The van der Waals surface area contributed by atoms with Crippen LogP contribution in [0.3, 0.4) is 0 Å². The number of hydrogen-bond acceptors (Lipinski definition) is 4. The molecule has 1 atom stereocenters. The van der Waals surface area contributed by atoms with Crippen LogP contribution >= 0.6 is 11.3 Å². The Hall–Kier alpha value is -2.15. The minimum Gasteiger partial charge on any atom is -0.480 e. The van der Waals surface area contributed by atoms with Gasteiger partial charge in [-0.3, -0.25) is 14.3 Å². The van der Waals surface area contributed by atoms with E-state index in [4.69, 9.17) is 5.11 Å². The molecule has 0 saturated carbocycles. The lowest BCUT2D eigenvalue weighted by molar-refractivity contribution is -0.138. The quantitative estimate of drug-likeness (QED) is 0.884. The standard InChI is InChI=1S/C12H13N3O3S/c1-7(12(17)18)13-11(16)8-6-15(2)14-10(8)9-4-3-5-19-9/h3-7H,1-2H3,(H,13,16)(H,17,18). The van der Waals surface area contributed by atoms with Crippen LogP contribution in [-0.2, 0) is 11.8 Å². The molecule has 0 aliphatic rings. The van der Waals surface area contributed by atoms with E-state index in [0.29, 0.717) is 11.3 Å². The Morgan fingerprint density at radius 3 is 2.84 bits per heavy atom.